The summed E-state index contributed by atoms with van der Waals surface area (Å²) in [6.45, 7) is 8.75. The molecule has 2 unspecified atom stereocenters. The maximum Gasteiger partial charge on any atom is 0.193 e. The minimum atomic E-state index is 0. The summed E-state index contributed by atoms with van der Waals surface area (Å²) in [7, 11) is 1.86. The molecule has 2 aliphatic rings. The fraction of sp³-hybridized carbons (Fsp3) is 0.650. The van der Waals surface area contributed by atoms with Gasteiger partial charge in [0.25, 0.3) is 0 Å². The summed E-state index contributed by atoms with van der Waals surface area (Å²) < 4.78 is 5.94. The van der Waals surface area contributed by atoms with E-state index in [1.807, 2.05) is 31.3 Å². The molecule has 0 aliphatic carbocycles. The van der Waals surface area contributed by atoms with Crippen LogP contribution in [-0.4, -0.2) is 68.2 Å². The molecule has 2 aliphatic heterocycles. The molecule has 0 aromatic heterocycles. The molecule has 0 radical (unpaired) electrons. The van der Waals surface area contributed by atoms with Crippen molar-refractivity contribution in [1.82, 2.24) is 15.1 Å². The van der Waals surface area contributed by atoms with E-state index in [0.717, 1.165) is 30.7 Å². The zero-order chi connectivity index (χ0) is 18.4. The third kappa shape index (κ3) is 6.98. The van der Waals surface area contributed by atoms with Crippen LogP contribution >= 0.6 is 35.6 Å². The Morgan fingerprint density at radius 3 is 2.81 bits per heavy atom. The molecule has 2 heterocycles. The van der Waals surface area contributed by atoms with E-state index < -0.39 is 0 Å². The van der Waals surface area contributed by atoms with E-state index in [1.165, 1.54) is 38.9 Å². The molecule has 1 aromatic carbocycles. The van der Waals surface area contributed by atoms with Gasteiger partial charge in [-0.05, 0) is 63.4 Å². The SMILES string of the molecule is CN=C(NCC(C)Oc1cccc(Cl)c1)N1CCC(CN2CCCC2)C1.I. The van der Waals surface area contributed by atoms with Crippen molar-refractivity contribution >= 4 is 41.5 Å². The van der Waals surface area contributed by atoms with E-state index in [4.69, 9.17) is 16.3 Å². The van der Waals surface area contributed by atoms with Gasteiger partial charge in [0.15, 0.2) is 5.96 Å². The highest BCUT2D eigenvalue weighted by Gasteiger charge is 2.27. The molecule has 7 heteroatoms. The number of guanidine groups is 1. The molecular formula is C20H32ClIN4O. The Morgan fingerprint density at radius 2 is 2.11 bits per heavy atom. The van der Waals surface area contributed by atoms with E-state index in [9.17, 15) is 0 Å². The molecule has 27 heavy (non-hydrogen) atoms. The smallest absolute Gasteiger partial charge is 0.193 e. The van der Waals surface area contributed by atoms with Gasteiger partial charge in [-0.25, -0.2) is 0 Å². The largest absolute Gasteiger partial charge is 0.489 e. The van der Waals surface area contributed by atoms with E-state index in [-0.39, 0.29) is 30.1 Å². The van der Waals surface area contributed by atoms with Gasteiger partial charge in [-0.2, -0.15) is 0 Å². The predicted octanol–water partition coefficient (Wildman–Crippen LogP) is 3.72. The van der Waals surface area contributed by atoms with Crippen molar-refractivity contribution in [3.05, 3.63) is 29.3 Å². The summed E-state index contributed by atoms with van der Waals surface area (Å²) in [6, 6.07) is 7.53. The molecular weight excluding hydrogens is 475 g/mol. The highest BCUT2D eigenvalue weighted by atomic mass is 127. The minimum absolute atomic E-state index is 0. The Morgan fingerprint density at radius 1 is 1.33 bits per heavy atom. The first kappa shape index (κ1) is 22.6. The molecule has 0 saturated carbocycles. The van der Waals surface area contributed by atoms with Crippen molar-refractivity contribution in [1.29, 1.82) is 0 Å². The first-order chi connectivity index (χ1) is 12.6. The zero-order valence-corrected chi connectivity index (χ0v) is 19.5. The van der Waals surface area contributed by atoms with Gasteiger partial charge in [-0.3, -0.25) is 4.99 Å². The van der Waals surface area contributed by atoms with Crippen molar-refractivity contribution in [3.63, 3.8) is 0 Å². The number of nitrogens with zero attached hydrogens (tertiary/aromatic N) is 3. The Hall–Kier alpha value is -0.730. The molecule has 0 spiro atoms. The van der Waals surface area contributed by atoms with Crippen LogP contribution in [0.1, 0.15) is 26.2 Å². The minimum Gasteiger partial charge on any atom is -0.489 e. The van der Waals surface area contributed by atoms with Gasteiger partial charge in [0.1, 0.15) is 11.9 Å². The van der Waals surface area contributed by atoms with Crippen LogP contribution < -0.4 is 10.1 Å². The molecule has 3 rings (SSSR count). The number of ether oxygens (including phenoxy) is 1. The van der Waals surface area contributed by atoms with Gasteiger partial charge in [0, 0.05) is 31.7 Å². The topological polar surface area (TPSA) is 40.1 Å². The fourth-order valence-electron chi connectivity index (χ4n) is 3.89. The fourth-order valence-corrected chi connectivity index (χ4v) is 4.07. The predicted molar refractivity (Wildman–Crippen MR) is 124 cm³/mol. The van der Waals surface area contributed by atoms with Crippen LogP contribution in [0.15, 0.2) is 29.3 Å². The number of halogens is 2. The van der Waals surface area contributed by atoms with Crippen LogP contribution in [0.4, 0.5) is 0 Å². The lowest BCUT2D eigenvalue weighted by molar-refractivity contribution is 0.222. The lowest BCUT2D eigenvalue weighted by atomic mass is 10.1. The molecule has 2 fully saturated rings. The van der Waals surface area contributed by atoms with Gasteiger partial charge in [-0.1, -0.05) is 17.7 Å². The summed E-state index contributed by atoms with van der Waals surface area (Å²) in [5.41, 5.74) is 0. The number of aliphatic imine (C=N–C) groups is 1. The number of likely N-dealkylation sites (tertiary alicyclic amines) is 2. The Bertz CT molecular complexity index is 609. The monoisotopic (exact) mass is 506 g/mol. The van der Waals surface area contributed by atoms with Crippen LogP contribution in [0, 0.1) is 5.92 Å². The molecule has 5 nitrogen and oxygen atoms in total. The van der Waals surface area contributed by atoms with Crippen molar-refractivity contribution in [3.8, 4) is 5.75 Å². The van der Waals surface area contributed by atoms with Crippen molar-refractivity contribution in [2.75, 3.05) is 46.3 Å². The summed E-state index contributed by atoms with van der Waals surface area (Å²) in [4.78, 5) is 9.47. The summed E-state index contributed by atoms with van der Waals surface area (Å²) in [5, 5.41) is 4.16. The second kappa shape index (κ2) is 11.3. The van der Waals surface area contributed by atoms with Crippen LogP contribution in [0.3, 0.4) is 0 Å². The maximum atomic E-state index is 6.01. The number of nitrogens with one attached hydrogen (secondary N) is 1. The molecule has 1 N–H and O–H groups in total. The lowest BCUT2D eigenvalue weighted by Crippen LogP contribution is -2.44. The quantitative estimate of drug-likeness (QED) is 0.363. The molecule has 2 saturated heterocycles. The van der Waals surface area contributed by atoms with E-state index in [2.05, 4.69) is 27.0 Å². The highest BCUT2D eigenvalue weighted by Crippen LogP contribution is 2.20. The van der Waals surface area contributed by atoms with Crippen LogP contribution in [-0.2, 0) is 0 Å². The average Bonchev–Trinajstić information content (AvgIpc) is 3.28. The standard InChI is InChI=1S/C20H31ClN4O.HI/c1-16(26-19-7-5-6-18(21)12-19)13-23-20(22-2)25-11-8-17(15-25)14-24-9-3-4-10-24;/h5-7,12,16-17H,3-4,8-11,13-15H2,1-2H3,(H,22,23);1H. The maximum absolute atomic E-state index is 6.01. The first-order valence-electron chi connectivity index (χ1n) is 9.74. The summed E-state index contributed by atoms with van der Waals surface area (Å²) >= 11 is 6.01. The number of hydrogen-bond acceptors (Lipinski definition) is 3. The van der Waals surface area contributed by atoms with Crippen LogP contribution in [0.2, 0.25) is 5.02 Å². The van der Waals surface area contributed by atoms with Gasteiger partial charge < -0.3 is 19.9 Å². The summed E-state index contributed by atoms with van der Waals surface area (Å²) in [6.07, 6.45) is 4.02. The van der Waals surface area contributed by atoms with E-state index >= 15 is 0 Å². The van der Waals surface area contributed by atoms with Crippen molar-refractivity contribution in [2.45, 2.75) is 32.3 Å². The van der Waals surface area contributed by atoms with Gasteiger partial charge >= 0.3 is 0 Å². The third-order valence-electron chi connectivity index (χ3n) is 5.19. The van der Waals surface area contributed by atoms with Crippen LogP contribution in [0.25, 0.3) is 0 Å². The Kier molecular flexibility index (Phi) is 9.45. The number of benzene rings is 1. The lowest BCUT2D eigenvalue weighted by Gasteiger charge is -2.24. The Labute approximate surface area is 185 Å². The average molecular weight is 507 g/mol. The van der Waals surface area contributed by atoms with Gasteiger partial charge in [0.05, 0.1) is 6.54 Å². The van der Waals surface area contributed by atoms with Crippen molar-refractivity contribution in [2.24, 2.45) is 10.9 Å². The number of hydrogen-bond donors (Lipinski definition) is 1. The highest BCUT2D eigenvalue weighted by molar-refractivity contribution is 14.0. The molecule has 1 aromatic rings. The molecule has 152 valence electrons. The molecule has 0 bridgehead atoms. The third-order valence-corrected chi connectivity index (χ3v) is 5.43. The van der Waals surface area contributed by atoms with Gasteiger partial charge in [0.2, 0.25) is 0 Å². The first-order valence-corrected chi connectivity index (χ1v) is 10.1. The number of rotatable bonds is 6. The normalized spacial score (nSPS) is 21.8. The molecule has 0 amide bonds. The zero-order valence-electron chi connectivity index (χ0n) is 16.4. The second-order valence-electron chi connectivity index (χ2n) is 7.42. The van der Waals surface area contributed by atoms with Crippen molar-refractivity contribution < 1.29 is 4.74 Å². The van der Waals surface area contributed by atoms with Gasteiger partial charge in [-0.15, -0.1) is 24.0 Å². The van der Waals surface area contributed by atoms with Crippen LogP contribution in [0.5, 0.6) is 5.75 Å². The second-order valence-corrected chi connectivity index (χ2v) is 7.86. The Balaban J connectivity index is 0.00000261. The molecule has 2 atom stereocenters. The summed E-state index contributed by atoms with van der Waals surface area (Å²) in [5.74, 6) is 2.54. The van der Waals surface area contributed by atoms with E-state index in [1.54, 1.807) is 0 Å². The van der Waals surface area contributed by atoms with E-state index in [0.29, 0.717) is 11.6 Å².